The van der Waals surface area contributed by atoms with Crippen molar-refractivity contribution >= 4 is 39.4 Å². The summed E-state index contributed by atoms with van der Waals surface area (Å²) in [5.41, 5.74) is 0.777. The van der Waals surface area contributed by atoms with Gasteiger partial charge in [-0.15, -0.1) is 0 Å². The minimum absolute atomic E-state index is 0.0308. The predicted octanol–water partition coefficient (Wildman–Crippen LogP) is 1.93. The van der Waals surface area contributed by atoms with E-state index in [1.54, 1.807) is 37.3 Å². The van der Waals surface area contributed by atoms with Gasteiger partial charge in [0.25, 0.3) is 5.91 Å². The lowest BCUT2D eigenvalue weighted by Crippen LogP contribution is -2.43. The van der Waals surface area contributed by atoms with Crippen molar-refractivity contribution in [2.24, 2.45) is 0 Å². The zero-order chi connectivity index (χ0) is 18.4. The van der Waals surface area contributed by atoms with Crippen LogP contribution in [0.2, 0.25) is 5.02 Å². The predicted molar refractivity (Wildman–Crippen MR) is 95.9 cm³/mol. The maximum absolute atomic E-state index is 12.2. The summed E-state index contributed by atoms with van der Waals surface area (Å²) < 4.78 is 28.1. The Morgan fingerprint density at radius 3 is 2.56 bits per heavy atom. The molecule has 0 saturated carbocycles. The lowest BCUT2D eigenvalue weighted by Gasteiger charge is -2.26. The Balaban J connectivity index is 1.85. The van der Waals surface area contributed by atoms with Crippen molar-refractivity contribution in [2.45, 2.75) is 19.4 Å². The van der Waals surface area contributed by atoms with Crippen LogP contribution in [0.3, 0.4) is 0 Å². The van der Waals surface area contributed by atoms with Crippen molar-refractivity contribution in [3.63, 3.8) is 0 Å². The minimum atomic E-state index is -3.08. The Morgan fingerprint density at radius 2 is 2.00 bits per heavy atom. The van der Waals surface area contributed by atoms with E-state index in [2.05, 4.69) is 0 Å². The van der Waals surface area contributed by atoms with Crippen LogP contribution in [0.4, 0.5) is 0 Å². The summed E-state index contributed by atoms with van der Waals surface area (Å²) in [6, 6.07) is 6.55. The van der Waals surface area contributed by atoms with Gasteiger partial charge in [0.2, 0.25) is 0 Å². The maximum atomic E-state index is 12.2. The second-order valence-electron chi connectivity index (χ2n) is 5.73. The van der Waals surface area contributed by atoms with Gasteiger partial charge in [-0.2, -0.15) is 0 Å². The fourth-order valence-electron chi connectivity index (χ4n) is 2.66. The molecule has 1 amide bonds. The smallest absolute Gasteiger partial charge is 0.331 e. The number of likely N-dealkylation sites (N-methyl/N-ethyl adjacent to an activating group) is 1. The molecule has 25 heavy (non-hydrogen) atoms. The van der Waals surface area contributed by atoms with E-state index in [1.807, 2.05) is 0 Å². The summed E-state index contributed by atoms with van der Waals surface area (Å²) in [5, 5.41) is 0.596. The molecule has 1 heterocycles. The Hall–Kier alpha value is -1.86. The standard InChI is InChI=1S/C17H20ClNO5S/c1-2-19(15-9-10-25(22,23)12-15)16(20)11-24-17(21)8-5-13-3-6-14(18)7-4-13/h3-8,15H,2,9-12H2,1H3/b8-5+/t15-/m0/s1. The number of sulfone groups is 1. The highest BCUT2D eigenvalue weighted by Crippen LogP contribution is 2.18. The van der Waals surface area contributed by atoms with Crippen LogP contribution in [0.5, 0.6) is 0 Å². The molecule has 0 bridgehead atoms. The average Bonchev–Trinajstić information content (AvgIpc) is 2.92. The third-order valence-electron chi connectivity index (χ3n) is 3.93. The quantitative estimate of drug-likeness (QED) is 0.552. The van der Waals surface area contributed by atoms with E-state index in [0.29, 0.717) is 18.0 Å². The SMILES string of the molecule is CCN(C(=O)COC(=O)/C=C/c1ccc(Cl)cc1)[C@H]1CCS(=O)(=O)C1. The van der Waals surface area contributed by atoms with E-state index in [4.69, 9.17) is 16.3 Å². The first-order chi connectivity index (χ1) is 11.8. The summed E-state index contributed by atoms with van der Waals surface area (Å²) in [6.45, 7) is 1.73. The third kappa shape index (κ3) is 5.86. The van der Waals surface area contributed by atoms with Gasteiger partial charge in [-0.25, -0.2) is 13.2 Å². The number of carbonyl (C=O) groups is 2. The van der Waals surface area contributed by atoms with Crippen LogP contribution in [0, 0.1) is 0 Å². The number of carbonyl (C=O) groups excluding carboxylic acids is 2. The molecular weight excluding hydrogens is 366 g/mol. The van der Waals surface area contributed by atoms with E-state index in [1.165, 1.54) is 11.0 Å². The summed E-state index contributed by atoms with van der Waals surface area (Å²) in [4.78, 5) is 25.4. The molecule has 0 aliphatic carbocycles. The van der Waals surface area contributed by atoms with Gasteiger partial charge in [-0.3, -0.25) is 4.79 Å². The van der Waals surface area contributed by atoms with Crippen LogP contribution in [-0.2, 0) is 24.2 Å². The first-order valence-electron chi connectivity index (χ1n) is 7.91. The number of hydrogen-bond donors (Lipinski definition) is 0. The zero-order valence-electron chi connectivity index (χ0n) is 13.9. The van der Waals surface area contributed by atoms with Gasteiger partial charge in [-0.1, -0.05) is 23.7 Å². The van der Waals surface area contributed by atoms with E-state index in [9.17, 15) is 18.0 Å². The normalized spacial score (nSPS) is 19.0. The lowest BCUT2D eigenvalue weighted by atomic mass is 10.2. The summed E-state index contributed by atoms with van der Waals surface area (Å²) in [6.07, 6.45) is 3.21. The number of esters is 1. The van der Waals surface area contributed by atoms with Crippen molar-refractivity contribution < 1.29 is 22.7 Å². The van der Waals surface area contributed by atoms with Gasteiger partial charge in [0.05, 0.1) is 11.5 Å². The van der Waals surface area contributed by atoms with Crippen LogP contribution < -0.4 is 0 Å². The molecule has 1 aliphatic rings. The molecule has 1 fully saturated rings. The number of ether oxygens (including phenoxy) is 1. The zero-order valence-corrected chi connectivity index (χ0v) is 15.4. The largest absolute Gasteiger partial charge is 0.452 e. The molecule has 0 spiro atoms. The Bertz CT molecular complexity index is 758. The highest BCUT2D eigenvalue weighted by Gasteiger charge is 2.34. The van der Waals surface area contributed by atoms with E-state index >= 15 is 0 Å². The second-order valence-corrected chi connectivity index (χ2v) is 8.39. The van der Waals surface area contributed by atoms with E-state index in [-0.39, 0.29) is 17.5 Å². The van der Waals surface area contributed by atoms with Crippen LogP contribution in [0.25, 0.3) is 6.08 Å². The lowest BCUT2D eigenvalue weighted by molar-refractivity contribution is -0.149. The van der Waals surface area contributed by atoms with Crippen molar-refractivity contribution in [1.82, 2.24) is 4.90 Å². The van der Waals surface area contributed by atoms with Crippen LogP contribution in [0.15, 0.2) is 30.3 Å². The third-order valence-corrected chi connectivity index (χ3v) is 5.93. The van der Waals surface area contributed by atoms with Gasteiger partial charge < -0.3 is 9.64 Å². The molecule has 1 saturated heterocycles. The molecule has 136 valence electrons. The highest BCUT2D eigenvalue weighted by atomic mass is 35.5. The molecule has 0 aromatic heterocycles. The van der Waals surface area contributed by atoms with Gasteiger partial charge in [0, 0.05) is 23.7 Å². The first-order valence-corrected chi connectivity index (χ1v) is 10.1. The average molecular weight is 386 g/mol. The van der Waals surface area contributed by atoms with Gasteiger partial charge in [-0.05, 0) is 37.1 Å². The number of nitrogens with zero attached hydrogens (tertiary/aromatic N) is 1. The van der Waals surface area contributed by atoms with Crippen molar-refractivity contribution in [2.75, 3.05) is 24.7 Å². The Morgan fingerprint density at radius 1 is 1.32 bits per heavy atom. The number of rotatable bonds is 6. The topological polar surface area (TPSA) is 80.8 Å². The molecular formula is C17H20ClNO5S. The molecule has 1 aliphatic heterocycles. The van der Waals surface area contributed by atoms with Crippen molar-refractivity contribution in [3.05, 3.63) is 40.9 Å². The first kappa shape index (κ1) is 19.5. The minimum Gasteiger partial charge on any atom is -0.452 e. The second kappa shape index (κ2) is 8.49. The number of amides is 1. The molecule has 0 radical (unpaired) electrons. The Kier molecular flexibility index (Phi) is 6.61. The fourth-order valence-corrected chi connectivity index (χ4v) is 4.52. The van der Waals surface area contributed by atoms with Gasteiger partial charge in [0.1, 0.15) is 0 Å². The molecule has 8 heteroatoms. The van der Waals surface area contributed by atoms with Gasteiger partial charge >= 0.3 is 5.97 Å². The van der Waals surface area contributed by atoms with E-state index in [0.717, 1.165) is 5.56 Å². The molecule has 6 nitrogen and oxygen atoms in total. The van der Waals surface area contributed by atoms with E-state index < -0.39 is 28.3 Å². The number of halogens is 1. The van der Waals surface area contributed by atoms with Gasteiger partial charge in [0.15, 0.2) is 16.4 Å². The monoisotopic (exact) mass is 385 g/mol. The summed E-state index contributed by atoms with van der Waals surface area (Å²) >= 11 is 5.78. The van der Waals surface area contributed by atoms with Crippen molar-refractivity contribution in [1.29, 1.82) is 0 Å². The molecule has 0 N–H and O–H groups in total. The summed E-state index contributed by atoms with van der Waals surface area (Å²) in [7, 11) is -3.08. The molecule has 0 unspecified atom stereocenters. The highest BCUT2D eigenvalue weighted by molar-refractivity contribution is 7.91. The molecule has 2 rings (SSSR count). The number of benzene rings is 1. The van der Waals surface area contributed by atoms with Crippen molar-refractivity contribution in [3.8, 4) is 0 Å². The Labute approximate surface area is 152 Å². The van der Waals surface area contributed by atoms with Crippen LogP contribution >= 0.6 is 11.6 Å². The van der Waals surface area contributed by atoms with Crippen LogP contribution in [-0.4, -0.2) is 55.9 Å². The summed E-state index contributed by atoms with van der Waals surface area (Å²) in [5.74, 6) is -0.974. The fraction of sp³-hybridized carbons (Fsp3) is 0.412. The molecule has 1 aromatic carbocycles. The van der Waals surface area contributed by atoms with Crippen LogP contribution in [0.1, 0.15) is 18.9 Å². The molecule has 1 aromatic rings. The molecule has 1 atom stereocenters. The maximum Gasteiger partial charge on any atom is 0.331 e. The number of hydrogen-bond acceptors (Lipinski definition) is 5.